The smallest absolute Gasteiger partial charge is 0.113 e. The molecule has 0 fully saturated rings. The first-order valence-corrected chi connectivity index (χ1v) is 9.77. The Labute approximate surface area is 117 Å². The third kappa shape index (κ3) is 3.94. The molecule has 18 heavy (non-hydrogen) atoms. The third-order valence-electron chi connectivity index (χ3n) is 4.73. The van der Waals surface area contributed by atoms with Crippen LogP contribution in [0.3, 0.4) is 0 Å². The minimum absolute atomic E-state index is 0.410. The van der Waals surface area contributed by atoms with Gasteiger partial charge >= 0.3 is 0 Å². The van der Waals surface area contributed by atoms with Gasteiger partial charge in [-0.3, -0.25) is 4.90 Å². The molecule has 2 heteroatoms. The first-order valence-electron chi connectivity index (χ1n) is 7.35. The Morgan fingerprint density at radius 3 is 1.22 bits per heavy atom. The maximum Gasteiger partial charge on any atom is 0.113 e. The molecule has 0 aromatic heterocycles. The van der Waals surface area contributed by atoms with E-state index in [1.807, 2.05) is 0 Å². The van der Waals surface area contributed by atoms with Crippen LogP contribution in [-0.2, 0) is 0 Å². The topological polar surface area (TPSA) is 3.24 Å². The number of nitrogens with zero attached hydrogens (tertiary/aromatic N) is 1. The van der Waals surface area contributed by atoms with E-state index in [-0.39, 0.29) is 0 Å². The molecular weight excluding hydrogens is 237 g/mol. The van der Waals surface area contributed by atoms with E-state index in [9.17, 15) is 0 Å². The molecule has 0 aliphatic heterocycles. The Morgan fingerprint density at radius 1 is 0.778 bits per heavy atom. The molecule has 0 amide bonds. The van der Waals surface area contributed by atoms with E-state index in [2.05, 4.69) is 80.8 Å². The molecule has 0 rings (SSSR count). The van der Waals surface area contributed by atoms with Crippen molar-refractivity contribution in [3.63, 3.8) is 0 Å². The van der Waals surface area contributed by atoms with Gasteiger partial charge in [0.25, 0.3) is 0 Å². The van der Waals surface area contributed by atoms with Crippen molar-refractivity contribution in [2.24, 2.45) is 0 Å². The van der Waals surface area contributed by atoms with E-state index in [4.69, 9.17) is 0 Å². The van der Waals surface area contributed by atoms with Crippen molar-refractivity contribution in [3.8, 4) is 0 Å². The Hall–Kier alpha value is 0.390. The van der Waals surface area contributed by atoms with Crippen LogP contribution in [0.25, 0.3) is 0 Å². The van der Waals surface area contributed by atoms with Crippen LogP contribution >= 0.6 is 7.26 Å². The van der Waals surface area contributed by atoms with Gasteiger partial charge in [0.15, 0.2) is 0 Å². The standard InChI is InChI=1S/C16H37NP/c1-13(2)17(14(3)4)12-18(11,15(5,6)7)16(8,9)10/h13-14H,12H2,1-11H3/q+1. The summed E-state index contributed by atoms with van der Waals surface area (Å²) < 4.78 is 0. The highest BCUT2D eigenvalue weighted by Crippen LogP contribution is 2.74. The molecule has 0 heterocycles. The SMILES string of the molecule is CC(C)N(C[P+](C)(C(C)(C)C)C(C)(C)C)C(C)C. The summed E-state index contributed by atoms with van der Waals surface area (Å²) in [5.74, 6) is 0. The molecule has 0 saturated carbocycles. The van der Waals surface area contributed by atoms with E-state index in [0.29, 0.717) is 22.4 Å². The second-order valence-corrected chi connectivity index (χ2v) is 13.7. The van der Waals surface area contributed by atoms with Gasteiger partial charge in [-0.25, -0.2) is 0 Å². The summed E-state index contributed by atoms with van der Waals surface area (Å²) in [4.78, 5) is 2.68. The van der Waals surface area contributed by atoms with Gasteiger partial charge in [0.1, 0.15) is 6.29 Å². The van der Waals surface area contributed by atoms with Crippen molar-refractivity contribution < 1.29 is 0 Å². The van der Waals surface area contributed by atoms with Crippen LogP contribution in [0.5, 0.6) is 0 Å². The fraction of sp³-hybridized carbons (Fsp3) is 1.00. The molecule has 0 aromatic rings. The molecule has 0 atom stereocenters. The van der Waals surface area contributed by atoms with Crippen LogP contribution < -0.4 is 0 Å². The van der Waals surface area contributed by atoms with Gasteiger partial charge in [-0.1, -0.05) is 0 Å². The average Bonchev–Trinajstić information content (AvgIpc) is 2.08. The van der Waals surface area contributed by atoms with E-state index in [1.165, 1.54) is 6.29 Å². The van der Waals surface area contributed by atoms with Crippen molar-refractivity contribution in [1.29, 1.82) is 0 Å². The summed E-state index contributed by atoms with van der Waals surface area (Å²) in [6.45, 7) is 26.5. The van der Waals surface area contributed by atoms with Crippen molar-refractivity contribution in [2.45, 2.75) is 91.6 Å². The van der Waals surface area contributed by atoms with Crippen molar-refractivity contribution >= 4 is 7.26 Å². The van der Waals surface area contributed by atoms with Crippen LogP contribution in [-0.4, -0.2) is 40.2 Å². The first-order chi connectivity index (χ1) is 7.74. The molecule has 0 N–H and O–H groups in total. The van der Waals surface area contributed by atoms with Gasteiger partial charge in [-0.05, 0) is 69.2 Å². The molecular formula is C16H37NP+. The lowest BCUT2D eigenvalue weighted by Gasteiger charge is -2.48. The molecule has 0 aliphatic carbocycles. The predicted octanol–water partition coefficient (Wildman–Crippen LogP) is 5.31. The molecule has 0 radical (unpaired) electrons. The Kier molecular flexibility index (Phi) is 5.92. The summed E-state index contributed by atoms with van der Waals surface area (Å²) in [6, 6.07) is 1.27. The highest BCUT2D eigenvalue weighted by atomic mass is 31.2. The summed E-state index contributed by atoms with van der Waals surface area (Å²) in [5, 5.41) is 0.820. The normalized spacial score (nSPS) is 15.0. The molecule has 110 valence electrons. The summed E-state index contributed by atoms with van der Waals surface area (Å²) in [5.41, 5.74) is 0. The van der Waals surface area contributed by atoms with Crippen LogP contribution in [0, 0.1) is 0 Å². The second kappa shape index (κ2) is 5.80. The van der Waals surface area contributed by atoms with Crippen LogP contribution in [0.1, 0.15) is 69.2 Å². The summed E-state index contributed by atoms with van der Waals surface area (Å²) >= 11 is 0. The van der Waals surface area contributed by atoms with Crippen molar-refractivity contribution in [2.75, 3.05) is 13.0 Å². The zero-order valence-electron chi connectivity index (χ0n) is 14.8. The highest BCUT2D eigenvalue weighted by Gasteiger charge is 2.54. The van der Waals surface area contributed by atoms with E-state index >= 15 is 0 Å². The Balaban J connectivity index is 5.39. The third-order valence-corrected chi connectivity index (χ3v) is 11.5. The second-order valence-electron chi connectivity index (χ2n) is 8.38. The monoisotopic (exact) mass is 274 g/mol. The van der Waals surface area contributed by atoms with Gasteiger partial charge in [-0.15, -0.1) is 0 Å². The van der Waals surface area contributed by atoms with E-state index in [1.54, 1.807) is 0 Å². The van der Waals surface area contributed by atoms with E-state index in [0.717, 1.165) is 0 Å². The van der Waals surface area contributed by atoms with Gasteiger partial charge in [0.2, 0.25) is 0 Å². The molecule has 0 aromatic carbocycles. The lowest BCUT2D eigenvalue weighted by Crippen LogP contribution is -2.45. The molecule has 0 unspecified atom stereocenters. The first kappa shape index (κ1) is 18.4. The minimum atomic E-state index is -1.07. The fourth-order valence-electron chi connectivity index (χ4n) is 2.68. The van der Waals surface area contributed by atoms with Crippen molar-refractivity contribution in [1.82, 2.24) is 4.90 Å². The summed E-state index contributed by atoms with van der Waals surface area (Å²) in [6.07, 6.45) is 1.27. The van der Waals surface area contributed by atoms with E-state index < -0.39 is 7.26 Å². The minimum Gasteiger partial charge on any atom is -0.267 e. The summed E-state index contributed by atoms with van der Waals surface area (Å²) in [7, 11) is -1.07. The fourth-order valence-corrected chi connectivity index (χ4v) is 6.85. The molecule has 0 aliphatic rings. The Morgan fingerprint density at radius 2 is 1.06 bits per heavy atom. The maximum absolute atomic E-state index is 2.68. The predicted molar refractivity (Wildman–Crippen MR) is 89.3 cm³/mol. The van der Waals surface area contributed by atoms with Crippen LogP contribution in [0.4, 0.5) is 0 Å². The largest absolute Gasteiger partial charge is 0.267 e. The molecule has 1 nitrogen and oxygen atoms in total. The zero-order valence-corrected chi connectivity index (χ0v) is 15.7. The Bertz CT molecular complexity index is 233. The molecule has 0 spiro atoms. The number of hydrogen-bond acceptors (Lipinski definition) is 1. The number of hydrogen-bond donors (Lipinski definition) is 0. The van der Waals surface area contributed by atoms with Gasteiger partial charge < -0.3 is 0 Å². The van der Waals surface area contributed by atoms with Crippen LogP contribution in [0.2, 0.25) is 0 Å². The number of rotatable bonds is 4. The van der Waals surface area contributed by atoms with Gasteiger partial charge in [0.05, 0.1) is 17.0 Å². The highest BCUT2D eigenvalue weighted by molar-refractivity contribution is 7.77. The zero-order chi connectivity index (χ0) is 14.9. The maximum atomic E-state index is 2.68. The average molecular weight is 274 g/mol. The quantitative estimate of drug-likeness (QED) is 0.628. The lowest BCUT2D eigenvalue weighted by molar-refractivity contribution is 0.205. The lowest BCUT2D eigenvalue weighted by atomic mass is 10.2. The van der Waals surface area contributed by atoms with Crippen LogP contribution in [0.15, 0.2) is 0 Å². The van der Waals surface area contributed by atoms with Gasteiger partial charge in [0, 0.05) is 19.3 Å². The van der Waals surface area contributed by atoms with Gasteiger partial charge in [-0.2, -0.15) is 0 Å². The molecule has 0 saturated heterocycles. The molecule has 0 bridgehead atoms. The van der Waals surface area contributed by atoms with Crippen molar-refractivity contribution in [3.05, 3.63) is 0 Å².